The van der Waals surface area contributed by atoms with Gasteiger partial charge in [0, 0.05) is 19.1 Å². The zero-order chi connectivity index (χ0) is 28.8. The number of aryl methyl sites for hydroxylation is 1. The maximum atomic E-state index is 13.6. The first kappa shape index (κ1) is 30.2. The number of sulfonamides is 2. The second-order valence-corrected chi connectivity index (χ2v) is 13.0. The number of benzene rings is 3. The molecule has 1 N–H and O–H groups in total. The third-order valence-electron chi connectivity index (χ3n) is 5.60. The molecule has 10 nitrogen and oxygen atoms in total. The highest BCUT2D eigenvalue weighted by Crippen LogP contribution is 2.34. The van der Waals surface area contributed by atoms with Gasteiger partial charge in [-0.15, -0.1) is 0 Å². The van der Waals surface area contributed by atoms with E-state index in [0.29, 0.717) is 5.75 Å². The number of anilines is 1. The zero-order valence-corrected chi connectivity index (χ0v) is 24.3. The van der Waals surface area contributed by atoms with E-state index in [2.05, 4.69) is 5.32 Å². The predicted molar refractivity (Wildman–Crippen MR) is 150 cm³/mol. The van der Waals surface area contributed by atoms with Gasteiger partial charge in [0.15, 0.2) is 0 Å². The number of carbonyl (C=O) groups is 1. The van der Waals surface area contributed by atoms with Gasteiger partial charge in [-0.25, -0.2) is 21.1 Å². The minimum absolute atomic E-state index is 0.00555. The molecule has 0 spiro atoms. The Hall–Kier alpha value is -3.32. The molecule has 3 aromatic carbocycles. The van der Waals surface area contributed by atoms with Crippen LogP contribution in [0.1, 0.15) is 5.56 Å². The van der Waals surface area contributed by atoms with Gasteiger partial charge in [0.2, 0.25) is 15.9 Å². The fourth-order valence-electron chi connectivity index (χ4n) is 3.46. The monoisotopic (exact) mass is 595 g/mol. The third-order valence-corrected chi connectivity index (χ3v) is 9.44. The van der Waals surface area contributed by atoms with Gasteiger partial charge in [0.05, 0.1) is 29.1 Å². The van der Waals surface area contributed by atoms with Crippen LogP contribution in [0.4, 0.5) is 5.69 Å². The van der Waals surface area contributed by atoms with Crippen LogP contribution in [0.2, 0.25) is 5.02 Å². The van der Waals surface area contributed by atoms with Crippen molar-refractivity contribution in [1.82, 2.24) is 9.62 Å². The van der Waals surface area contributed by atoms with Crippen molar-refractivity contribution in [1.29, 1.82) is 0 Å². The Bertz CT molecular complexity index is 1510. The lowest BCUT2D eigenvalue weighted by Crippen LogP contribution is -2.42. The van der Waals surface area contributed by atoms with E-state index in [1.807, 2.05) is 6.92 Å². The summed E-state index contributed by atoms with van der Waals surface area (Å²) in [6, 6.07) is 16.6. The minimum atomic E-state index is -4.16. The first-order chi connectivity index (χ1) is 18.4. The standard InChI is InChI=1S/C26H30ClN3O7S2/c1-19-5-10-23(11-6-19)39(34,35)30(24-17-20(27)7-14-25(24)36-4)18-26(31)28-15-16-37-21-8-12-22(13-9-21)38(32,33)29(2)3/h5-14,17H,15-16,18H2,1-4H3,(H,28,31). The average molecular weight is 596 g/mol. The Morgan fingerprint density at radius 3 is 2.08 bits per heavy atom. The Morgan fingerprint density at radius 1 is 0.897 bits per heavy atom. The fraction of sp³-hybridized carbons (Fsp3) is 0.269. The van der Waals surface area contributed by atoms with Gasteiger partial charge < -0.3 is 14.8 Å². The number of ether oxygens (including phenoxy) is 2. The molecule has 39 heavy (non-hydrogen) atoms. The normalized spacial score (nSPS) is 11.7. The Labute approximate surface area is 234 Å². The van der Waals surface area contributed by atoms with E-state index in [1.54, 1.807) is 18.2 Å². The predicted octanol–water partition coefficient (Wildman–Crippen LogP) is 3.30. The Morgan fingerprint density at radius 2 is 1.49 bits per heavy atom. The molecule has 13 heteroatoms. The van der Waals surface area contributed by atoms with Crippen LogP contribution in [0.15, 0.2) is 76.5 Å². The zero-order valence-electron chi connectivity index (χ0n) is 21.9. The molecule has 0 bridgehead atoms. The number of hydrogen-bond acceptors (Lipinski definition) is 7. The van der Waals surface area contributed by atoms with E-state index in [1.165, 1.54) is 69.7 Å². The van der Waals surface area contributed by atoms with Crippen LogP contribution >= 0.6 is 11.6 Å². The Balaban J connectivity index is 1.71. The highest BCUT2D eigenvalue weighted by Gasteiger charge is 2.29. The van der Waals surface area contributed by atoms with Crippen LogP contribution in [0.3, 0.4) is 0 Å². The van der Waals surface area contributed by atoms with Crippen molar-refractivity contribution < 1.29 is 31.1 Å². The molecule has 0 radical (unpaired) electrons. The summed E-state index contributed by atoms with van der Waals surface area (Å²) in [6.07, 6.45) is 0. The lowest BCUT2D eigenvalue weighted by molar-refractivity contribution is -0.119. The molecular weight excluding hydrogens is 566 g/mol. The second kappa shape index (κ2) is 12.7. The summed E-state index contributed by atoms with van der Waals surface area (Å²) in [5.74, 6) is 0.0591. The van der Waals surface area contributed by atoms with E-state index in [-0.39, 0.29) is 39.4 Å². The molecule has 0 atom stereocenters. The highest BCUT2D eigenvalue weighted by atomic mass is 35.5. The molecule has 0 saturated carbocycles. The lowest BCUT2D eigenvalue weighted by Gasteiger charge is -2.26. The summed E-state index contributed by atoms with van der Waals surface area (Å²) in [6.45, 7) is 1.44. The summed E-state index contributed by atoms with van der Waals surface area (Å²) < 4.78 is 64.5. The van der Waals surface area contributed by atoms with Gasteiger partial charge in [0.1, 0.15) is 24.7 Å². The molecule has 0 aliphatic carbocycles. The maximum absolute atomic E-state index is 13.6. The van der Waals surface area contributed by atoms with Crippen molar-refractivity contribution in [3.63, 3.8) is 0 Å². The molecule has 1 amide bonds. The van der Waals surface area contributed by atoms with E-state index >= 15 is 0 Å². The van der Waals surface area contributed by atoms with E-state index in [0.717, 1.165) is 14.2 Å². The molecule has 0 aromatic heterocycles. The number of nitrogens with one attached hydrogen (secondary N) is 1. The van der Waals surface area contributed by atoms with Crippen molar-refractivity contribution in [3.05, 3.63) is 77.3 Å². The van der Waals surface area contributed by atoms with Gasteiger partial charge >= 0.3 is 0 Å². The lowest BCUT2D eigenvalue weighted by atomic mass is 10.2. The quantitative estimate of drug-likeness (QED) is 0.319. The summed E-state index contributed by atoms with van der Waals surface area (Å²) in [4.78, 5) is 13.0. The van der Waals surface area contributed by atoms with Crippen LogP contribution in [-0.2, 0) is 24.8 Å². The van der Waals surface area contributed by atoms with E-state index < -0.39 is 32.5 Å². The second-order valence-electron chi connectivity index (χ2n) is 8.60. The van der Waals surface area contributed by atoms with E-state index in [4.69, 9.17) is 21.1 Å². The van der Waals surface area contributed by atoms with Crippen LogP contribution in [0, 0.1) is 6.92 Å². The van der Waals surface area contributed by atoms with Crippen LogP contribution in [0.5, 0.6) is 11.5 Å². The largest absolute Gasteiger partial charge is 0.495 e. The highest BCUT2D eigenvalue weighted by molar-refractivity contribution is 7.93. The third kappa shape index (κ3) is 7.41. The topological polar surface area (TPSA) is 122 Å². The van der Waals surface area contributed by atoms with Gasteiger partial charge in [-0.3, -0.25) is 9.10 Å². The van der Waals surface area contributed by atoms with Crippen LogP contribution in [0.25, 0.3) is 0 Å². The number of carbonyl (C=O) groups excluding carboxylic acids is 1. The van der Waals surface area contributed by atoms with Gasteiger partial charge in [-0.2, -0.15) is 0 Å². The van der Waals surface area contributed by atoms with Gasteiger partial charge in [0.25, 0.3) is 10.0 Å². The molecule has 0 aliphatic rings. The van der Waals surface area contributed by atoms with Crippen LogP contribution < -0.4 is 19.1 Å². The van der Waals surface area contributed by atoms with Crippen LogP contribution in [-0.4, -0.2) is 67.9 Å². The number of amides is 1. The van der Waals surface area contributed by atoms with Crippen molar-refractivity contribution in [2.24, 2.45) is 0 Å². The number of hydrogen-bond donors (Lipinski definition) is 1. The average Bonchev–Trinajstić information content (AvgIpc) is 2.90. The fourth-order valence-corrected chi connectivity index (χ4v) is 5.95. The molecular formula is C26H30ClN3O7S2. The molecule has 0 unspecified atom stereocenters. The van der Waals surface area contributed by atoms with Crippen molar-refractivity contribution in [3.8, 4) is 11.5 Å². The molecule has 210 valence electrons. The molecule has 0 aliphatic heterocycles. The summed E-state index contributed by atoms with van der Waals surface area (Å²) in [5, 5.41) is 2.91. The Kier molecular flexibility index (Phi) is 9.83. The number of halogens is 1. The molecule has 3 rings (SSSR count). The van der Waals surface area contributed by atoms with Gasteiger partial charge in [-0.1, -0.05) is 29.3 Å². The first-order valence-electron chi connectivity index (χ1n) is 11.7. The number of methoxy groups -OCH3 is 1. The first-order valence-corrected chi connectivity index (χ1v) is 15.0. The minimum Gasteiger partial charge on any atom is -0.495 e. The SMILES string of the molecule is COc1ccc(Cl)cc1N(CC(=O)NCCOc1ccc(S(=O)(=O)N(C)C)cc1)S(=O)(=O)c1ccc(C)cc1. The maximum Gasteiger partial charge on any atom is 0.264 e. The van der Waals surface area contributed by atoms with Crippen molar-refractivity contribution >= 4 is 43.2 Å². The molecule has 0 fully saturated rings. The summed E-state index contributed by atoms with van der Waals surface area (Å²) in [7, 11) is -3.44. The molecule has 0 saturated heterocycles. The molecule has 3 aromatic rings. The number of nitrogens with zero attached hydrogens (tertiary/aromatic N) is 2. The smallest absolute Gasteiger partial charge is 0.264 e. The van der Waals surface area contributed by atoms with Gasteiger partial charge in [-0.05, 0) is 61.5 Å². The summed E-state index contributed by atoms with van der Waals surface area (Å²) in [5.41, 5.74) is 0.997. The van der Waals surface area contributed by atoms with E-state index in [9.17, 15) is 21.6 Å². The van der Waals surface area contributed by atoms with Crippen molar-refractivity contribution in [2.75, 3.05) is 45.2 Å². The number of rotatable bonds is 12. The summed E-state index contributed by atoms with van der Waals surface area (Å²) >= 11 is 6.15. The molecule has 0 heterocycles. The van der Waals surface area contributed by atoms with Crippen molar-refractivity contribution in [2.45, 2.75) is 16.7 Å².